The highest BCUT2D eigenvalue weighted by Crippen LogP contribution is 2.25. The van der Waals surface area contributed by atoms with Gasteiger partial charge < -0.3 is 4.42 Å². The van der Waals surface area contributed by atoms with E-state index in [1.807, 2.05) is 36.2 Å². The minimum Gasteiger partial charge on any atom is -0.469 e. The Morgan fingerprint density at radius 3 is 2.89 bits per heavy atom. The molecule has 0 aromatic carbocycles. The summed E-state index contributed by atoms with van der Waals surface area (Å²) >= 11 is 7.65. The summed E-state index contributed by atoms with van der Waals surface area (Å²) in [5.41, 5.74) is 2.15. The summed E-state index contributed by atoms with van der Waals surface area (Å²) < 4.78 is 5.30. The SMILES string of the molecule is Cc1c(SCCc2ccco2)ccnc1CCl.Cl. The monoisotopic (exact) mass is 303 g/mol. The maximum absolute atomic E-state index is 5.83. The third-order valence-corrected chi connectivity index (χ3v) is 3.99. The molecule has 5 heteroatoms. The van der Waals surface area contributed by atoms with E-state index in [1.165, 1.54) is 10.5 Å². The van der Waals surface area contributed by atoms with Crippen LogP contribution in [0.1, 0.15) is 17.0 Å². The molecule has 0 unspecified atom stereocenters. The van der Waals surface area contributed by atoms with Crippen LogP contribution in [0.2, 0.25) is 0 Å². The molecule has 0 atom stereocenters. The smallest absolute Gasteiger partial charge is 0.104 e. The molecule has 0 aliphatic heterocycles. The van der Waals surface area contributed by atoms with Crippen molar-refractivity contribution in [1.29, 1.82) is 0 Å². The van der Waals surface area contributed by atoms with Crippen LogP contribution in [-0.2, 0) is 12.3 Å². The molecule has 0 saturated carbocycles. The summed E-state index contributed by atoms with van der Waals surface area (Å²) in [5, 5.41) is 0. The van der Waals surface area contributed by atoms with Crippen molar-refractivity contribution in [3.8, 4) is 0 Å². The number of alkyl halides is 1. The molecule has 0 spiro atoms. The molecule has 98 valence electrons. The molecule has 0 bridgehead atoms. The van der Waals surface area contributed by atoms with Gasteiger partial charge in [-0.05, 0) is 30.7 Å². The molecule has 2 aromatic heterocycles. The Kier molecular flexibility index (Phi) is 6.61. The fourth-order valence-corrected chi connectivity index (χ4v) is 2.85. The zero-order valence-electron chi connectivity index (χ0n) is 10.1. The van der Waals surface area contributed by atoms with E-state index in [0.29, 0.717) is 5.88 Å². The molecular formula is C13H15Cl2NOS. The molecule has 2 nitrogen and oxygen atoms in total. The second kappa shape index (κ2) is 7.72. The number of aryl methyl sites for hydroxylation is 1. The normalized spacial score (nSPS) is 10.1. The summed E-state index contributed by atoms with van der Waals surface area (Å²) in [6, 6.07) is 5.96. The molecule has 0 N–H and O–H groups in total. The van der Waals surface area contributed by atoms with E-state index in [9.17, 15) is 0 Å². The number of nitrogens with zero attached hydrogens (tertiary/aromatic N) is 1. The highest BCUT2D eigenvalue weighted by Gasteiger charge is 2.05. The maximum atomic E-state index is 5.83. The second-order valence-electron chi connectivity index (χ2n) is 3.69. The molecule has 0 radical (unpaired) electrons. The average molecular weight is 304 g/mol. The Balaban J connectivity index is 0.00000162. The van der Waals surface area contributed by atoms with Crippen LogP contribution < -0.4 is 0 Å². The van der Waals surface area contributed by atoms with Gasteiger partial charge in [0.05, 0.1) is 17.8 Å². The van der Waals surface area contributed by atoms with Gasteiger partial charge in [0.25, 0.3) is 0 Å². The van der Waals surface area contributed by atoms with Crippen LogP contribution in [0.25, 0.3) is 0 Å². The van der Waals surface area contributed by atoms with Crippen molar-refractivity contribution in [1.82, 2.24) is 4.98 Å². The molecule has 0 aliphatic rings. The van der Waals surface area contributed by atoms with Crippen LogP contribution in [0.3, 0.4) is 0 Å². The lowest BCUT2D eigenvalue weighted by molar-refractivity contribution is 0.517. The van der Waals surface area contributed by atoms with E-state index < -0.39 is 0 Å². The number of thioether (sulfide) groups is 1. The highest BCUT2D eigenvalue weighted by atomic mass is 35.5. The van der Waals surface area contributed by atoms with Crippen LogP contribution in [0.5, 0.6) is 0 Å². The Morgan fingerprint density at radius 2 is 2.22 bits per heavy atom. The van der Waals surface area contributed by atoms with Gasteiger partial charge in [-0.15, -0.1) is 35.8 Å². The van der Waals surface area contributed by atoms with Crippen molar-refractivity contribution in [2.75, 3.05) is 5.75 Å². The van der Waals surface area contributed by atoms with E-state index >= 15 is 0 Å². The van der Waals surface area contributed by atoms with Gasteiger partial charge in [0.1, 0.15) is 5.76 Å². The van der Waals surface area contributed by atoms with Crippen molar-refractivity contribution in [2.45, 2.75) is 24.1 Å². The largest absolute Gasteiger partial charge is 0.469 e. The van der Waals surface area contributed by atoms with Gasteiger partial charge in [-0.25, -0.2) is 0 Å². The van der Waals surface area contributed by atoms with Crippen LogP contribution in [0.4, 0.5) is 0 Å². The quantitative estimate of drug-likeness (QED) is 0.602. The van der Waals surface area contributed by atoms with Gasteiger partial charge in [0, 0.05) is 23.3 Å². The second-order valence-corrected chi connectivity index (χ2v) is 5.10. The summed E-state index contributed by atoms with van der Waals surface area (Å²) in [6.07, 6.45) is 4.47. The van der Waals surface area contributed by atoms with Gasteiger partial charge in [-0.3, -0.25) is 4.98 Å². The standard InChI is InChI=1S/C13H14ClNOS.ClH/c1-10-12(9-14)15-6-4-13(10)17-8-5-11-3-2-7-16-11;/h2-4,6-7H,5,8-9H2,1H3;1H. The number of furan rings is 1. The fraction of sp³-hybridized carbons (Fsp3) is 0.308. The number of aromatic nitrogens is 1. The van der Waals surface area contributed by atoms with Crippen LogP contribution >= 0.6 is 35.8 Å². The van der Waals surface area contributed by atoms with Crippen molar-refractivity contribution >= 4 is 35.8 Å². The minimum atomic E-state index is 0. The van der Waals surface area contributed by atoms with Crippen molar-refractivity contribution < 1.29 is 4.42 Å². The Bertz CT molecular complexity index is 474. The lowest BCUT2D eigenvalue weighted by atomic mass is 10.2. The van der Waals surface area contributed by atoms with Crippen molar-refractivity contribution in [2.24, 2.45) is 0 Å². The summed E-state index contributed by atoms with van der Waals surface area (Å²) in [4.78, 5) is 5.50. The Labute approximate surface area is 123 Å². The van der Waals surface area contributed by atoms with E-state index in [1.54, 1.807) is 6.26 Å². The Morgan fingerprint density at radius 1 is 1.39 bits per heavy atom. The third-order valence-electron chi connectivity index (χ3n) is 2.57. The van der Waals surface area contributed by atoms with Gasteiger partial charge in [-0.2, -0.15) is 0 Å². The predicted octanol–water partition coefficient (Wildman–Crippen LogP) is 4.48. The van der Waals surface area contributed by atoms with Crippen molar-refractivity contribution in [3.05, 3.63) is 47.7 Å². The lowest BCUT2D eigenvalue weighted by Gasteiger charge is -2.07. The van der Waals surface area contributed by atoms with E-state index in [-0.39, 0.29) is 12.4 Å². The van der Waals surface area contributed by atoms with Gasteiger partial charge in [0.2, 0.25) is 0 Å². The predicted molar refractivity (Wildman–Crippen MR) is 78.9 cm³/mol. The molecule has 2 rings (SSSR count). The van der Waals surface area contributed by atoms with Crippen LogP contribution in [0.15, 0.2) is 40.0 Å². The molecule has 0 amide bonds. The molecule has 2 aromatic rings. The van der Waals surface area contributed by atoms with Crippen LogP contribution in [0, 0.1) is 6.92 Å². The van der Waals surface area contributed by atoms with E-state index in [2.05, 4.69) is 11.9 Å². The van der Waals surface area contributed by atoms with E-state index in [4.69, 9.17) is 16.0 Å². The highest BCUT2D eigenvalue weighted by molar-refractivity contribution is 7.99. The van der Waals surface area contributed by atoms with Crippen LogP contribution in [-0.4, -0.2) is 10.7 Å². The first kappa shape index (κ1) is 15.4. The molecule has 0 saturated heterocycles. The molecule has 18 heavy (non-hydrogen) atoms. The minimum absolute atomic E-state index is 0. The lowest BCUT2D eigenvalue weighted by Crippen LogP contribution is -1.93. The molecule has 0 aliphatic carbocycles. The maximum Gasteiger partial charge on any atom is 0.104 e. The zero-order chi connectivity index (χ0) is 12.1. The topological polar surface area (TPSA) is 26.0 Å². The number of rotatable bonds is 5. The summed E-state index contributed by atoms with van der Waals surface area (Å²) in [5.74, 6) is 2.50. The first-order valence-electron chi connectivity index (χ1n) is 5.47. The van der Waals surface area contributed by atoms with Gasteiger partial charge in [0.15, 0.2) is 0 Å². The fourth-order valence-electron chi connectivity index (χ4n) is 1.57. The van der Waals surface area contributed by atoms with Crippen molar-refractivity contribution in [3.63, 3.8) is 0 Å². The summed E-state index contributed by atoms with van der Waals surface area (Å²) in [6.45, 7) is 2.07. The number of halogens is 2. The number of hydrogen-bond acceptors (Lipinski definition) is 3. The van der Waals surface area contributed by atoms with Gasteiger partial charge in [-0.1, -0.05) is 0 Å². The molecular weight excluding hydrogens is 289 g/mol. The average Bonchev–Trinajstić information content (AvgIpc) is 2.84. The number of hydrogen-bond donors (Lipinski definition) is 0. The van der Waals surface area contributed by atoms with Gasteiger partial charge >= 0.3 is 0 Å². The first-order valence-corrected chi connectivity index (χ1v) is 6.99. The Hall–Kier alpha value is -0.640. The summed E-state index contributed by atoms with van der Waals surface area (Å²) in [7, 11) is 0. The molecule has 0 fully saturated rings. The van der Waals surface area contributed by atoms with E-state index in [0.717, 1.165) is 23.6 Å². The number of pyridine rings is 1. The molecule has 2 heterocycles. The first-order chi connectivity index (χ1) is 8.31. The zero-order valence-corrected chi connectivity index (χ0v) is 12.4. The third kappa shape index (κ3) is 3.94.